The fourth-order valence-corrected chi connectivity index (χ4v) is 4.35. The van der Waals surface area contributed by atoms with Crippen molar-refractivity contribution in [1.82, 2.24) is 15.5 Å². The van der Waals surface area contributed by atoms with Crippen LogP contribution in [0.4, 0.5) is 0 Å². The zero-order valence-corrected chi connectivity index (χ0v) is 20.4. The number of carbonyl (C=O) groups is 4. The van der Waals surface area contributed by atoms with E-state index in [1.165, 1.54) is 4.90 Å². The summed E-state index contributed by atoms with van der Waals surface area (Å²) in [6, 6.07) is 7.65. The number of hydrogen-bond acceptors (Lipinski definition) is 5. The summed E-state index contributed by atoms with van der Waals surface area (Å²) in [5.74, 6) is -1.90. The monoisotopic (exact) mass is 486 g/mol. The van der Waals surface area contributed by atoms with Gasteiger partial charge in [0.05, 0.1) is 12.4 Å². The zero-order valence-electron chi connectivity index (χ0n) is 20.4. The Morgan fingerprint density at radius 3 is 2.40 bits per heavy atom. The first-order valence-electron chi connectivity index (χ1n) is 12.2. The van der Waals surface area contributed by atoms with E-state index in [0.29, 0.717) is 38.5 Å². The highest BCUT2D eigenvalue weighted by molar-refractivity contribution is 5.93. The van der Waals surface area contributed by atoms with Crippen LogP contribution in [0.25, 0.3) is 0 Å². The Kier molecular flexibility index (Phi) is 11.2. The first kappa shape index (κ1) is 27.8. The fourth-order valence-electron chi connectivity index (χ4n) is 4.35. The molecule has 4 amide bonds. The molecule has 0 bridgehead atoms. The maximum atomic E-state index is 13.6. The SMILES string of the molecule is CCCC1NC(=O)CC(CCCCC(=N)N)CN(CC(N)=O)C(=O)C(Cc2ccccc2)NC1=O. The summed E-state index contributed by atoms with van der Waals surface area (Å²) in [6.45, 7) is 1.78. The first-order chi connectivity index (χ1) is 16.7. The van der Waals surface area contributed by atoms with Gasteiger partial charge in [-0.05, 0) is 30.7 Å². The number of amidine groups is 1. The lowest BCUT2D eigenvalue weighted by Gasteiger charge is -2.30. The van der Waals surface area contributed by atoms with E-state index in [1.54, 1.807) is 0 Å². The predicted octanol–water partition coefficient (Wildman–Crippen LogP) is 0.829. The molecule has 1 saturated heterocycles. The normalized spacial score (nSPS) is 21.6. The average molecular weight is 487 g/mol. The van der Waals surface area contributed by atoms with Crippen LogP contribution in [0.3, 0.4) is 0 Å². The van der Waals surface area contributed by atoms with Gasteiger partial charge in [0, 0.05) is 25.8 Å². The van der Waals surface area contributed by atoms with Crippen molar-refractivity contribution in [2.75, 3.05) is 13.1 Å². The molecule has 35 heavy (non-hydrogen) atoms. The molecule has 3 unspecified atom stereocenters. The number of nitrogens with zero attached hydrogens (tertiary/aromatic N) is 1. The average Bonchev–Trinajstić information content (AvgIpc) is 2.81. The summed E-state index contributed by atoms with van der Waals surface area (Å²) >= 11 is 0. The summed E-state index contributed by atoms with van der Waals surface area (Å²) in [4.78, 5) is 52.7. The van der Waals surface area contributed by atoms with Crippen molar-refractivity contribution in [1.29, 1.82) is 5.41 Å². The molecule has 1 fully saturated rings. The van der Waals surface area contributed by atoms with Crippen LogP contribution in [-0.2, 0) is 25.6 Å². The lowest BCUT2D eigenvalue weighted by atomic mass is 9.95. The van der Waals surface area contributed by atoms with E-state index in [0.717, 1.165) is 5.56 Å². The van der Waals surface area contributed by atoms with Crippen LogP contribution in [0.2, 0.25) is 0 Å². The van der Waals surface area contributed by atoms with Gasteiger partial charge in [0.1, 0.15) is 12.1 Å². The molecule has 0 aliphatic carbocycles. The van der Waals surface area contributed by atoms with Gasteiger partial charge in [-0.15, -0.1) is 0 Å². The van der Waals surface area contributed by atoms with Crippen molar-refractivity contribution in [3.05, 3.63) is 35.9 Å². The van der Waals surface area contributed by atoms with Gasteiger partial charge >= 0.3 is 0 Å². The fraction of sp³-hybridized carbons (Fsp3) is 0.560. The molecule has 0 radical (unpaired) electrons. The highest BCUT2D eigenvalue weighted by Gasteiger charge is 2.33. The number of carbonyl (C=O) groups excluding carboxylic acids is 4. The van der Waals surface area contributed by atoms with E-state index in [1.807, 2.05) is 37.3 Å². The maximum absolute atomic E-state index is 13.6. The minimum atomic E-state index is -0.906. The van der Waals surface area contributed by atoms with Crippen LogP contribution < -0.4 is 22.1 Å². The summed E-state index contributed by atoms with van der Waals surface area (Å²) in [7, 11) is 0. The van der Waals surface area contributed by atoms with Crippen LogP contribution in [0.5, 0.6) is 0 Å². The van der Waals surface area contributed by atoms with Gasteiger partial charge < -0.3 is 27.0 Å². The van der Waals surface area contributed by atoms with Crippen LogP contribution >= 0.6 is 0 Å². The summed E-state index contributed by atoms with van der Waals surface area (Å²) < 4.78 is 0. The van der Waals surface area contributed by atoms with Gasteiger partial charge in [-0.25, -0.2) is 0 Å². The Bertz CT molecular complexity index is 891. The molecule has 1 aliphatic rings. The van der Waals surface area contributed by atoms with Crippen LogP contribution in [0.1, 0.15) is 57.4 Å². The van der Waals surface area contributed by atoms with Gasteiger partial charge in [-0.1, -0.05) is 50.1 Å². The van der Waals surface area contributed by atoms with Crippen molar-refractivity contribution in [2.24, 2.45) is 17.4 Å². The van der Waals surface area contributed by atoms with E-state index in [-0.39, 0.29) is 43.6 Å². The molecule has 1 aromatic carbocycles. The van der Waals surface area contributed by atoms with Gasteiger partial charge in [0.2, 0.25) is 23.6 Å². The number of nitrogens with two attached hydrogens (primary N) is 2. The highest BCUT2D eigenvalue weighted by atomic mass is 16.2. The highest BCUT2D eigenvalue weighted by Crippen LogP contribution is 2.19. The van der Waals surface area contributed by atoms with Crippen molar-refractivity contribution in [3.63, 3.8) is 0 Å². The number of primary amides is 1. The molecule has 0 spiro atoms. The minimum Gasteiger partial charge on any atom is -0.388 e. The minimum absolute atomic E-state index is 0.103. The van der Waals surface area contributed by atoms with Crippen molar-refractivity contribution < 1.29 is 19.2 Å². The largest absolute Gasteiger partial charge is 0.388 e. The molecule has 2 rings (SSSR count). The molecule has 10 heteroatoms. The lowest BCUT2D eigenvalue weighted by molar-refractivity contribution is -0.139. The molecule has 10 nitrogen and oxygen atoms in total. The van der Waals surface area contributed by atoms with Crippen molar-refractivity contribution in [3.8, 4) is 0 Å². The Hall–Kier alpha value is -3.43. The number of hydrogen-bond donors (Lipinski definition) is 5. The molecule has 1 aromatic rings. The van der Waals surface area contributed by atoms with Gasteiger partial charge in [0.25, 0.3) is 0 Å². The zero-order chi connectivity index (χ0) is 25.8. The van der Waals surface area contributed by atoms with Gasteiger partial charge in [0.15, 0.2) is 0 Å². The molecule has 0 saturated carbocycles. The molecule has 1 aliphatic heterocycles. The van der Waals surface area contributed by atoms with E-state index >= 15 is 0 Å². The number of unbranched alkanes of at least 4 members (excludes halogenated alkanes) is 1. The molecule has 0 aromatic heterocycles. The number of rotatable bonds is 11. The molecular formula is C25H38N6O4. The number of benzene rings is 1. The number of nitrogens with one attached hydrogen (secondary N) is 3. The third-order valence-corrected chi connectivity index (χ3v) is 6.05. The quantitative estimate of drug-likeness (QED) is 0.177. The second kappa shape index (κ2) is 14.1. The Labute approximate surface area is 206 Å². The molecule has 7 N–H and O–H groups in total. The van der Waals surface area contributed by atoms with Gasteiger partial charge in [-0.2, -0.15) is 0 Å². The summed E-state index contributed by atoms with van der Waals surface area (Å²) in [6.07, 6.45) is 3.93. The van der Waals surface area contributed by atoms with Crippen LogP contribution in [-0.4, -0.2) is 59.5 Å². The molecule has 192 valence electrons. The van der Waals surface area contributed by atoms with Gasteiger partial charge in [-0.3, -0.25) is 24.6 Å². The van der Waals surface area contributed by atoms with E-state index in [9.17, 15) is 19.2 Å². The topological polar surface area (TPSA) is 171 Å². The second-order valence-corrected chi connectivity index (χ2v) is 9.19. The molecule has 3 atom stereocenters. The van der Waals surface area contributed by atoms with Crippen LogP contribution in [0, 0.1) is 11.3 Å². The third-order valence-electron chi connectivity index (χ3n) is 6.05. The first-order valence-corrected chi connectivity index (χ1v) is 12.2. The van der Waals surface area contributed by atoms with Crippen LogP contribution in [0.15, 0.2) is 30.3 Å². The van der Waals surface area contributed by atoms with Crippen molar-refractivity contribution >= 4 is 29.5 Å². The Morgan fingerprint density at radius 2 is 1.77 bits per heavy atom. The van der Waals surface area contributed by atoms with E-state index in [4.69, 9.17) is 16.9 Å². The maximum Gasteiger partial charge on any atom is 0.245 e. The van der Waals surface area contributed by atoms with E-state index in [2.05, 4.69) is 10.6 Å². The standard InChI is InChI=1S/C25H38N6O4/c1-2-8-19-24(34)30-20(13-17-9-4-3-5-10-17)25(35)31(16-22(28)32)15-18(14-23(33)29-19)11-6-7-12-21(26)27/h3-5,9-10,18-20H,2,6-8,11-16H2,1H3,(H3,26,27)(H2,28,32)(H,29,33)(H,30,34). The smallest absolute Gasteiger partial charge is 0.245 e. The Balaban J connectivity index is 2.35. The summed E-state index contributed by atoms with van der Waals surface area (Å²) in [5, 5.41) is 13.0. The van der Waals surface area contributed by atoms with E-state index < -0.39 is 29.8 Å². The number of amides is 4. The molecule has 1 heterocycles. The van der Waals surface area contributed by atoms with Crippen molar-refractivity contribution in [2.45, 2.75) is 70.4 Å². The lowest BCUT2D eigenvalue weighted by Crippen LogP contribution is -2.55. The Morgan fingerprint density at radius 1 is 1.06 bits per heavy atom. The summed E-state index contributed by atoms with van der Waals surface area (Å²) in [5.41, 5.74) is 11.8. The second-order valence-electron chi connectivity index (χ2n) is 9.19. The predicted molar refractivity (Wildman–Crippen MR) is 133 cm³/mol. The molecular weight excluding hydrogens is 448 g/mol. The third kappa shape index (κ3) is 9.76.